The van der Waals surface area contributed by atoms with Crippen LogP contribution in [0.3, 0.4) is 0 Å². The van der Waals surface area contributed by atoms with Gasteiger partial charge in [-0.3, -0.25) is 14.9 Å². The molecule has 0 bridgehead atoms. The van der Waals surface area contributed by atoms with Crippen LogP contribution >= 0.6 is 11.3 Å². The fraction of sp³-hybridized carbons (Fsp3) is 0.345. The van der Waals surface area contributed by atoms with Crippen LogP contribution in [0.4, 0.5) is 10.5 Å². The summed E-state index contributed by atoms with van der Waals surface area (Å²) in [6.45, 7) is 4.10. The fourth-order valence-electron chi connectivity index (χ4n) is 4.41. The van der Waals surface area contributed by atoms with Crippen molar-refractivity contribution in [3.63, 3.8) is 0 Å². The maximum atomic E-state index is 12.6. The molecule has 3 aromatic rings. The molecule has 5 N–H and O–H groups in total. The van der Waals surface area contributed by atoms with E-state index in [1.54, 1.807) is 12.1 Å². The number of hydrogen-bond acceptors (Lipinski definition) is 8. The number of anilines is 1. The summed E-state index contributed by atoms with van der Waals surface area (Å²) in [6, 6.07) is 21.0. The second-order valence-electron chi connectivity index (χ2n) is 9.29. The third-order valence-electron chi connectivity index (χ3n) is 6.48. The maximum Gasteiger partial charge on any atom is 0.411 e. The first-order chi connectivity index (χ1) is 19.0. The smallest absolute Gasteiger partial charge is 0.411 e. The highest BCUT2D eigenvalue weighted by Gasteiger charge is 2.22. The zero-order chi connectivity index (χ0) is 27.5. The van der Waals surface area contributed by atoms with E-state index in [0.717, 1.165) is 49.3 Å². The number of rotatable bonds is 12. The molecule has 2 aromatic carbocycles. The van der Waals surface area contributed by atoms with E-state index in [2.05, 4.69) is 20.9 Å². The number of nitrogens with two attached hydrogens (primary N) is 1. The molecule has 9 nitrogen and oxygen atoms in total. The largest absolute Gasteiger partial charge is 0.446 e. The Morgan fingerprint density at radius 2 is 1.64 bits per heavy atom. The third kappa shape index (κ3) is 8.46. The average molecular weight is 550 g/mol. The van der Waals surface area contributed by atoms with Crippen molar-refractivity contribution in [1.29, 1.82) is 0 Å². The summed E-state index contributed by atoms with van der Waals surface area (Å²) in [5, 5.41) is 8.81. The SMILES string of the molecule is NCCNC(=O)c1ccc(C(=O)CNCCN2CCC(OC(=O)Nc3ccccc3-c3ccccc3)CC2)s1. The van der Waals surface area contributed by atoms with E-state index in [9.17, 15) is 14.4 Å². The Balaban J connectivity index is 1.13. The van der Waals surface area contributed by atoms with Crippen LogP contribution in [0.2, 0.25) is 0 Å². The predicted molar refractivity (Wildman–Crippen MR) is 154 cm³/mol. The lowest BCUT2D eigenvalue weighted by Gasteiger charge is -2.31. The molecule has 4 rings (SSSR count). The van der Waals surface area contributed by atoms with Crippen LogP contribution in [0.5, 0.6) is 0 Å². The van der Waals surface area contributed by atoms with Crippen LogP contribution in [0.25, 0.3) is 11.1 Å². The molecule has 2 amide bonds. The van der Waals surface area contributed by atoms with Crippen LogP contribution < -0.4 is 21.7 Å². The van der Waals surface area contributed by atoms with Gasteiger partial charge in [-0.15, -0.1) is 11.3 Å². The van der Waals surface area contributed by atoms with E-state index in [-0.39, 0.29) is 24.3 Å². The number of para-hydroxylation sites is 1. The number of carbonyl (C=O) groups excluding carboxylic acids is 3. The van der Waals surface area contributed by atoms with E-state index in [4.69, 9.17) is 10.5 Å². The first-order valence-electron chi connectivity index (χ1n) is 13.2. The molecule has 1 aromatic heterocycles. The molecule has 39 heavy (non-hydrogen) atoms. The normalized spacial score (nSPS) is 14.1. The third-order valence-corrected chi connectivity index (χ3v) is 7.61. The summed E-state index contributed by atoms with van der Waals surface area (Å²) in [4.78, 5) is 40.4. The summed E-state index contributed by atoms with van der Waals surface area (Å²) in [6.07, 6.45) is 0.952. The fourth-order valence-corrected chi connectivity index (χ4v) is 5.27. The minimum atomic E-state index is -0.439. The number of nitrogens with one attached hydrogen (secondary N) is 3. The molecule has 0 unspecified atom stereocenters. The summed E-state index contributed by atoms with van der Waals surface area (Å²) < 4.78 is 5.71. The van der Waals surface area contributed by atoms with Crippen molar-refractivity contribution in [2.45, 2.75) is 18.9 Å². The van der Waals surface area contributed by atoms with Gasteiger partial charge in [0, 0.05) is 44.8 Å². The van der Waals surface area contributed by atoms with E-state index in [1.807, 2.05) is 54.6 Å². The van der Waals surface area contributed by atoms with Gasteiger partial charge in [-0.05, 0) is 36.6 Å². The number of hydrogen-bond donors (Lipinski definition) is 4. The number of carbonyl (C=O) groups is 3. The average Bonchev–Trinajstić information content (AvgIpc) is 3.46. The van der Waals surface area contributed by atoms with Crippen molar-refractivity contribution >= 4 is 34.8 Å². The number of ether oxygens (including phenoxy) is 1. The zero-order valence-corrected chi connectivity index (χ0v) is 22.7. The monoisotopic (exact) mass is 549 g/mol. The molecule has 206 valence electrons. The lowest BCUT2D eigenvalue weighted by Crippen LogP contribution is -2.41. The Hall–Kier alpha value is -3.57. The quantitative estimate of drug-likeness (QED) is 0.201. The molecule has 0 spiro atoms. The Kier molecular flexibility index (Phi) is 10.6. The van der Waals surface area contributed by atoms with Gasteiger partial charge in [-0.25, -0.2) is 4.79 Å². The van der Waals surface area contributed by atoms with Gasteiger partial charge in [0.25, 0.3) is 5.91 Å². The van der Waals surface area contributed by atoms with E-state index < -0.39 is 6.09 Å². The molecular weight excluding hydrogens is 514 g/mol. The van der Waals surface area contributed by atoms with Crippen LogP contribution in [-0.4, -0.2) is 74.6 Å². The topological polar surface area (TPSA) is 126 Å². The van der Waals surface area contributed by atoms with Crippen molar-refractivity contribution in [3.8, 4) is 11.1 Å². The van der Waals surface area contributed by atoms with Crippen molar-refractivity contribution in [2.75, 3.05) is 51.1 Å². The number of Topliss-reactive ketones (excluding diaryl/α,β-unsaturated/α-hetero) is 1. The molecule has 1 aliphatic heterocycles. The summed E-state index contributed by atoms with van der Waals surface area (Å²) in [7, 11) is 0. The van der Waals surface area contributed by atoms with Crippen molar-refractivity contribution in [2.24, 2.45) is 5.73 Å². The molecular formula is C29H35N5O4S. The van der Waals surface area contributed by atoms with Crippen LogP contribution in [0, 0.1) is 0 Å². The minimum Gasteiger partial charge on any atom is -0.446 e. The summed E-state index contributed by atoms with van der Waals surface area (Å²) >= 11 is 1.19. The molecule has 0 aliphatic carbocycles. The molecule has 0 saturated carbocycles. The lowest BCUT2D eigenvalue weighted by atomic mass is 10.0. The second kappa shape index (κ2) is 14.5. The number of amides is 2. The number of likely N-dealkylation sites (tertiary alicyclic amines) is 1. The lowest BCUT2D eigenvalue weighted by molar-refractivity contribution is 0.0593. The van der Waals surface area contributed by atoms with E-state index in [1.165, 1.54) is 11.3 Å². The molecule has 0 radical (unpaired) electrons. The number of piperidine rings is 1. The molecule has 0 atom stereocenters. The highest BCUT2D eigenvalue weighted by Crippen LogP contribution is 2.28. The predicted octanol–water partition coefficient (Wildman–Crippen LogP) is 3.59. The first kappa shape index (κ1) is 28.4. The Morgan fingerprint density at radius 1 is 0.923 bits per heavy atom. The Labute approximate surface area is 232 Å². The molecule has 1 saturated heterocycles. The first-order valence-corrected chi connectivity index (χ1v) is 14.0. The minimum absolute atomic E-state index is 0.0372. The van der Waals surface area contributed by atoms with E-state index >= 15 is 0 Å². The van der Waals surface area contributed by atoms with Gasteiger partial charge in [-0.1, -0.05) is 48.5 Å². The van der Waals surface area contributed by atoms with Crippen molar-refractivity contribution in [1.82, 2.24) is 15.5 Å². The standard InChI is InChI=1S/C29H35N5O4S/c30-14-15-32-28(36)27-11-10-26(39-27)25(35)20-31-16-19-34-17-12-22(13-18-34)38-29(37)33-24-9-5-4-8-23(24)21-6-2-1-3-7-21/h1-11,22,31H,12-20,30H2,(H,32,36)(H,33,37). The summed E-state index contributed by atoms with van der Waals surface area (Å²) in [5.41, 5.74) is 8.10. The molecule has 1 fully saturated rings. The van der Waals surface area contributed by atoms with Gasteiger partial charge >= 0.3 is 6.09 Å². The van der Waals surface area contributed by atoms with E-state index in [0.29, 0.717) is 29.4 Å². The van der Waals surface area contributed by atoms with Crippen molar-refractivity contribution in [3.05, 3.63) is 76.5 Å². The Bertz CT molecular complexity index is 1240. The zero-order valence-electron chi connectivity index (χ0n) is 21.9. The van der Waals surface area contributed by atoms with Gasteiger partial charge in [0.05, 0.1) is 22.0 Å². The molecule has 2 heterocycles. The van der Waals surface area contributed by atoms with Crippen LogP contribution in [0.1, 0.15) is 32.2 Å². The summed E-state index contributed by atoms with van der Waals surface area (Å²) in [5.74, 6) is -0.246. The number of thiophene rings is 1. The maximum absolute atomic E-state index is 12.6. The van der Waals surface area contributed by atoms with Crippen LogP contribution in [0.15, 0.2) is 66.7 Å². The molecule has 10 heteroatoms. The van der Waals surface area contributed by atoms with Gasteiger partial charge in [0.2, 0.25) is 0 Å². The Morgan fingerprint density at radius 3 is 2.41 bits per heavy atom. The number of ketones is 1. The highest BCUT2D eigenvalue weighted by atomic mass is 32.1. The van der Waals surface area contributed by atoms with Gasteiger partial charge in [0.15, 0.2) is 5.78 Å². The second-order valence-corrected chi connectivity index (χ2v) is 10.4. The highest BCUT2D eigenvalue weighted by molar-refractivity contribution is 7.16. The van der Waals surface area contributed by atoms with Crippen LogP contribution in [-0.2, 0) is 4.74 Å². The van der Waals surface area contributed by atoms with Gasteiger partial charge < -0.3 is 26.0 Å². The van der Waals surface area contributed by atoms with Gasteiger partial charge in [0.1, 0.15) is 6.10 Å². The van der Waals surface area contributed by atoms with Crippen molar-refractivity contribution < 1.29 is 19.1 Å². The number of benzene rings is 2. The van der Waals surface area contributed by atoms with Gasteiger partial charge in [-0.2, -0.15) is 0 Å². The number of nitrogens with zero attached hydrogens (tertiary/aromatic N) is 1. The molecule has 1 aliphatic rings.